The second kappa shape index (κ2) is 9.43. The van der Waals surface area contributed by atoms with Gasteiger partial charge in [0.2, 0.25) is 0 Å². The summed E-state index contributed by atoms with van der Waals surface area (Å²) in [7, 11) is 0. The van der Waals surface area contributed by atoms with Gasteiger partial charge in [-0.25, -0.2) is 14.0 Å². The Hall–Kier alpha value is -4.48. The Labute approximate surface area is 213 Å². The van der Waals surface area contributed by atoms with Crippen molar-refractivity contribution in [3.05, 3.63) is 82.2 Å². The van der Waals surface area contributed by atoms with Crippen LogP contribution in [0.25, 0.3) is 6.08 Å². The largest absolute Gasteiger partial charge is 0.484 e. The topological polar surface area (TPSA) is 105 Å². The Balaban J connectivity index is 1.54. The minimum atomic E-state index is -4.82. The summed E-state index contributed by atoms with van der Waals surface area (Å²) < 4.78 is 61.8. The van der Waals surface area contributed by atoms with E-state index < -0.39 is 42.3 Å². The number of fused-ring (bicyclic) bond motifs is 2. The van der Waals surface area contributed by atoms with Gasteiger partial charge in [0.25, 0.3) is 0 Å². The van der Waals surface area contributed by atoms with Crippen LogP contribution >= 0.6 is 0 Å². The highest BCUT2D eigenvalue weighted by atomic mass is 19.4. The summed E-state index contributed by atoms with van der Waals surface area (Å²) in [4.78, 5) is 32.8. The van der Waals surface area contributed by atoms with Gasteiger partial charge in [-0.15, -0.1) is 0 Å². The molecule has 0 radical (unpaired) electrons. The lowest BCUT2D eigenvalue weighted by molar-refractivity contribution is -0.141. The first-order valence-electron chi connectivity index (χ1n) is 11.5. The molecule has 0 saturated heterocycles. The molecule has 2 aliphatic rings. The van der Waals surface area contributed by atoms with Gasteiger partial charge in [0.1, 0.15) is 23.4 Å². The van der Waals surface area contributed by atoms with E-state index in [4.69, 9.17) is 9.84 Å². The first-order valence-corrected chi connectivity index (χ1v) is 11.5. The van der Waals surface area contributed by atoms with Crippen molar-refractivity contribution in [2.75, 3.05) is 10.2 Å². The molecular formula is C26H20F4N4O4. The third kappa shape index (κ3) is 4.64. The van der Waals surface area contributed by atoms with Crippen LogP contribution in [-0.4, -0.2) is 27.1 Å². The molecule has 38 heavy (non-hydrogen) atoms. The van der Waals surface area contributed by atoms with E-state index in [0.29, 0.717) is 29.8 Å². The van der Waals surface area contributed by atoms with Crippen LogP contribution in [0, 0.1) is 12.7 Å². The average Bonchev–Trinajstić information content (AvgIpc) is 2.86. The van der Waals surface area contributed by atoms with E-state index in [0.717, 1.165) is 28.8 Å². The Morgan fingerprint density at radius 2 is 2.08 bits per heavy atom. The number of urea groups is 1. The predicted octanol–water partition coefficient (Wildman–Crippen LogP) is 5.66. The van der Waals surface area contributed by atoms with E-state index in [2.05, 4.69) is 15.3 Å². The number of rotatable bonds is 4. The van der Waals surface area contributed by atoms with E-state index in [-0.39, 0.29) is 22.5 Å². The van der Waals surface area contributed by atoms with E-state index in [1.807, 2.05) is 0 Å². The van der Waals surface area contributed by atoms with Gasteiger partial charge in [-0.1, -0.05) is 6.07 Å². The number of ether oxygens (including phenoxy) is 1. The van der Waals surface area contributed by atoms with Crippen molar-refractivity contribution in [2.24, 2.45) is 0 Å². The van der Waals surface area contributed by atoms with Crippen LogP contribution in [0.3, 0.4) is 0 Å². The fourth-order valence-electron chi connectivity index (χ4n) is 4.66. The molecule has 1 atom stereocenters. The number of aliphatic carboxylic acids is 1. The molecule has 5 rings (SSSR count). The number of aromatic nitrogens is 2. The molecule has 0 bridgehead atoms. The van der Waals surface area contributed by atoms with Crippen LogP contribution < -0.4 is 15.0 Å². The number of carbonyl (C=O) groups is 2. The molecule has 0 saturated carbocycles. The summed E-state index contributed by atoms with van der Waals surface area (Å²) >= 11 is 0. The summed E-state index contributed by atoms with van der Waals surface area (Å²) in [5.74, 6) is -1.45. The lowest BCUT2D eigenvalue weighted by Crippen LogP contribution is -2.40. The number of hydrogen-bond donors (Lipinski definition) is 2. The van der Waals surface area contributed by atoms with Crippen molar-refractivity contribution in [3.8, 4) is 5.75 Å². The highest BCUT2D eigenvalue weighted by Gasteiger charge is 2.40. The summed E-state index contributed by atoms with van der Waals surface area (Å²) in [6.07, 6.45) is -0.321. The van der Waals surface area contributed by atoms with Gasteiger partial charge in [-0.2, -0.15) is 13.2 Å². The Morgan fingerprint density at radius 3 is 2.79 bits per heavy atom. The van der Waals surface area contributed by atoms with E-state index in [1.165, 1.54) is 18.3 Å². The van der Waals surface area contributed by atoms with Gasteiger partial charge >= 0.3 is 18.2 Å². The van der Waals surface area contributed by atoms with Crippen molar-refractivity contribution < 1.29 is 37.0 Å². The zero-order chi connectivity index (χ0) is 27.2. The Bertz CT molecular complexity index is 1490. The van der Waals surface area contributed by atoms with Crippen molar-refractivity contribution in [2.45, 2.75) is 38.6 Å². The summed E-state index contributed by atoms with van der Waals surface area (Å²) in [5, 5.41) is 11.4. The Morgan fingerprint density at radius 1 is 1.29 bits per heavy atom. The molecule has 1 aromatic carbocycles. The van der Waals surface area contributed by atoms with Gasteiger partial charge in [0, 0.05) is 35.7 Å². The molecule has 0 fully saturated rings. The molecule has 4 heterocycles. The molecule has 2 amide bonds. The number of carbonyl (C=O) groups excluding carboxylic acids is 1. The molecule has 12 heteroatoms. The molecule has 1 unspecified atom stereocenters. The SMILES string of the molecule is Cc1cc2c(cc1N1Cc3c(C(F)(F)F)ncc(/C=C/C(=O)O)c3NC1=O)OC(c1ncccc1F)CC2. The number of benzene rings is 1. The fourth-order valence-corrected chi connectivity index (χ4v) is 4.66. The summed E-state index contributed by atoms with van der Waals surface area (Å²) in [6.45, 7) is 1.24. The van der Waals surface area contributed by atoms with Gasteiger partial charge in [0.05, 0.1) is 17.9 Å². The summed E-state index contributed by atoms with van der Waals surface area (Å²) in [5.41, 5.74) is 0.241. The molecular weight excluding hydrogens is 508 g/mol. The number of amides is 2. The predicted molar refractivity (Wildman–Crippen MR) is 128 cm³/mol. The third-order valence-corrected chi connectivity index (χ3v) is 6.38. The zero-order valence-corrected chi connectivity index (χ0v) is 19.8. The second-order valence-electron chi connectivity index (χ2n) is 8.86. The van der Waals surface area contributed by atoms with Crippen LogP contribution in [0.1, 0.15) is 46.2 Å². The van der Waals surface area contributed by atoms with Crippen molar-refractivity contribution in [3.63, 3.8) is 0 Å². The number of nitrogens with zero attached hydrogens (tertiary/aromatic N) is 3. The van der Waals surface area contributed by atoms with Crippen molar-refractivity contribution in [1.29, 1.82) is 0 Å². The highest BCUT2D eigenvalue weighted by molar-refractivity contribution is 6.06. The van der Waals surface area contributed by atoms with E-state index in [1.54, 1.807) is 19.1 Å². The molecule has 196 valence electrons. The zero-order valence-electron chi connectivity index (χ0n) is 19.8. The van der Waals surface area contributed by atoms with Crippen LogP contribution in [0.15, 0.2) is 42.7 Å². The third-order valence-electron chi connectivity index (χ3n) is 6.38. The number of halogens is 4. The number of alkyl halides is 3. The number of carboxylic acids is 1. The number of anilines is 2. The molecule has 0 aliphatic carbocycles. The van der Waals surface area contributed by atoms with Gasteiger partial charge in [0.15, 0.2) is 5.69 Å². The number of nitrogens with one attached hydrogen (secondary N) is 1. The van der Waals surface area contributed by atoms with E-state index >= 15 is 0 Å². The maximum Gasteiger partial charge on any atom is 0.433 e. The standard InChI is InChI=1S/C26H20F4N4O4/c1-13-9-14-4-6-19(23-17(27)3-2-8-31-23)38-20(14)10-18(13)34-12-16-22(33-25(34)37)15(5-7-21(35)36)11-32-24(16)26(28,29)30/h2-3,5,7-11,19H,4,6,12H2,1H3,(H,33,37)(H,35,36)/b7-5+. The number of pyridine rings is 2. The lowest BCUT2D eigenvalue weighted by Gasteiger charge is -2.34. The van der Waals surface area contributed by atoms with E-state index in [9.17, 15) is 27.2 Å². The van der Waals surface area contributed by atoms with Crippen LogP contribution in [-0.2, 0) is 23.9 Å². The van der Waals surface area contributed by atoms with Gasteiger partial charge in [-0.05, 0) is 49.1 Å². The molecule has 3 aromatic rings. The lowest BCUT2D eigenvalue weighted by atomic mass is 9.96. The Kier molecular flexibility index (Phi) is 6.25. The minimum Gasteiger partial charge on any atom is -0.484 e. The highest BCUT2D eigenvalue weighted by Crippen LogP contribution is 2.43. The fraction of sp³-hybridized carbons (Fsp3) is 0.231. The van der Waals surface area contributed by atoms with Gasteiger partial charge < -0.3 is 15.2 Å². The average molecular weight is 528 g/mol. The molecule has 2 N–H and O–H groups in total. The second-order valence-corrected chi connectivity index (χ2v) is 8.86. The minimum absolute atomic E-state index is 0.0223. The molecule has 2 aromatic heterocycles. The molecule has 2 aliphatic heterocycles. The van der Waals surface area contributed by atoms with Crippen molar-refractivity contribution >= 4 is 29.5 Å². The number of aryl methyl sites for hydroxylation is 2. The number of carboxylic acid groups (broad SMARTS) is 1. The smallest absolute Gasteiger partial charge is 0.433 e. The maximum absolute atomic E-state index is 14.3. The van der Waals surface area contributed by atoms with Gasteiger partial charge in [-0.3, -0.25) is 14.9 Å². The van der Waals surface area contributed by atoms with Crippen LogP contribution in [0.2, 0.25) is 0 Å². The molecule has 0 spiro atoms. The first kappa shape index (κ1) is 25.2. The van der Waals surface area contributed by atoms with Crippen LogP contribution in [0.4, 0.5) is 33.7 Å². The van der Waals surface area contributed by atoms with Crippen molar-refractivity contribution in [1.82, 2.24) is 9.97 Å². The van der Waals surface area contributed by atoms with Crippen LogP contribution in [0.5, 0.6) is 5.75 Å². The normalized spacial score (nSPS) is 17.0. The summed E-state index contributed by atoms with van der Waals surface area (Å²) in [6, 6.07) is 5.37. The number of hydrogen-bond acceptors (Lipinski definition) is 5. The maximum atomic E-state index is 14.3. The molecule has 8 nitrogen and oxygen atoms in total. The monoisotopic (exact) mass is 528 g/mol. The first-order chi connectivity index (χ1) is 18.0. The quantitative estimate of drug-likeness (QED) is 0.335.